The van der Waals surface area contributed by atoms with Gasteiger partial charge in [0.2, 0.25) is 0 Å². The molecule has 2 aromatic carbocycles. The van der Waals surface area contributed by atoms with Crippen molar-refractivity contribution in [2.75, 3.05) is 7.11 Å². The van der Waals surface area contributed by atoms with Gasteiger partial charge in [-0.3, -0.25) is 0 Å². The second kappa shape index (κ2) is 6.14. The lowest BCUT2D eigenvalue weighted by atomic mass is 10.1. The van der Waals surface area contributed by atoms with Crippen LogP contribution in [0.3, 0.4) is 0 Å². The predicted molar refractivity (Wildman–Crippen MR) is 79.8 cm³/mol. The van der Waals surface area contributed by atoms with Gasteiger partial charge in [0.15, 0.2) is 11.5 Å². The van der Waals surface area contributed by atoms with Crippen LogP contribution in [0.4, 0.5) is 0 Å². The van der Waals surface area contributed by atoms with E-state index in [-0.39, 0.29) is 10.8 Å². The highest BCUT2D eigenvalue weighted by Crippen LogP contribution is 2.35. The molecule has 1 N–H and O–H groups in total. The van der Waals surface area contributed by atoms with Crippen molar-refractivity contribution in [3.8, 4) is 17.6 Å². The van der Waals surface area contributed by atoms with Crippen molar-refractivity contribution < 1.29 is 9.84 Å². The zero-order valence-corrected chi connectivity index (χ0v) is 11.6. The van der Waals surface area contributed by atoms with Gasteiger partial charge >= 0.3 is 0 Å². The van der Waals surface area contributed by atoms with E-state index < -0.39 is 0 Å². The van der Waals surface area contributed by atoms with Crippen LogP contribution in [0.15, 0.2) is 36.4 Å². The molecule has 3 nitrogen and oxygen atoms in total. The molecule has 0 aromatic heterocycles. The van der Waals surface area contributed by atoms with E-state index in [2.05, 4.69) is 6.07 Å². The molecular weight excluding hydrogens is 274 g/mol. The Morgan fingerprint density at radius 2 is 2.00 bits per heavy atom. The fourth-order valence-electron chi connectivity index (χ4n) is 1.78. The number of ether oxygens (including phenoxy) is 1. The minimum absolute atomic E-state index is 0.0799. The Morgan fingerprint density at radius 3 is 2.70 bits per heavy atom. The Balaban J connectivity index is 2.37. The molecule has 100 valence electrons. The predicted octanol–water partition coefficient (Wildman–Crippen LogP) is 4.10. The Labute approximate surface area is 122 Å². The molecule has 4 heteroatoms. The van der Waals surface area contributed by atoms with E-state index in [0.29, 0.717) is 11.3 Å². The topological polar surface area (TPSA) is 53.2 Å². The highest BCUT2D eigenvalue weighted by molar-refractivity contribution is 6.32. The quantitative estimate of drug-likeness (QED) is 0.864. The van der Waals surface area contributed by atoms with Crippen molar-refractivity contribution in [3.63, 3.8) is 0 Å². The van der Waals surface area contributed by atoms with Crippen molar-refractivity contribution in [1.29, 1.82) is 5.26 Å². The van der Waals surface area contributed by atoms with Crippen LogP contribution in [0.2, 0.25) is 5.02 Å². The molecule has 2 rings (SSSR count). The summed E-state index contributed by atoms with van der Waals surface area (Å²) >= 11 is 5.92. The molecule has 2 aromatic rings. The summed E-state index contributed by atoms with van der Waals surface area (Å²) in [6.45, 7) is 0. The second-order valence-corrected chi connectivity index (χ2v) is 4.49. The standard InChI is InChI=1S/C16H12ClNO2/c1-20-15-9-11(8-14(17)16(15)19)6-7-12-4-2-3-5-13(12)10-18/h2-9,19H,1H3/b7-6+. The number of rotatable bonds is 3. The van der Waals surface area contributed by atoms with Gasteiger partial charge in [0.1, 0.15) is 0 Å². The summed E-state index contributed by atoms with van der Waals surface area (Å²) in [6.07, 6.45) is 3.63. The lowest BCUT2D eigenvalue weighted by Gasteiger charge is -2.06. The maximum atomic E-state index is 9.67. The molecule has 0 fully saturated rings. The summed E-state index contributed by atoms with van der Waals surface area (Å²) < 4.78 is 5.04. The Kier molecular flexibility index (Phi) is 4.29. The molecular formula is C16H12ClNO2. The van der Waals surface area contributed by atoms with Crippen LogP contribution in [0, 0.1) is 11.3 Å². The molecule has 0 amide bonds. The molecule has 0 aliphatic heterocycles. The minimum atomic E-state index is -0.0799. The van der Waals surface area contributed by atoms with Crippen LogP contribution in [-0.2, 0) is 0 Å². The smallest absolute Gasteiger partial charge is 0.176 e. The van der Waals surface area contributed by atoms with Gasteiger partial charge in [0.25, 0.3) is 0 Å². The van der Waals surface area contributed by atoms with Gasteiger partial charge in [0, 0.05) is 0 Å². The monoisotopic (exact) mass is 285 g/mol. The molecule has 20 heavy (non-hydrogen) atoms. The number of halogens is 1. The van der Waals surface area contributed by atoms with Crippen LogP contribution in [0.5, 0.6) is 11.5 Å². The van der Waals surface area contributed by atoms with Crippen LogP contribution in [0.25, 0.3) is 12.2 Å². The number of benzene rings is 2. The summed E-state index contributed by atoms with van der Waals surface area (Å²) in [5, 5.41) is 18.9. The maximum absolute atomic E-state index is 9.67. The van der Waals surface area contributed by atoms with Gasteiger partial charge in [-0.2, -0.15) is 5.26 Å². The molecule has 0 radical (unpaired) electrons. The molecule has 0 saturated carbocycles. The van der Waals surface area contributed by atoms with Gasteiger partial charge in [-0.15, -0.1) is 0 Å². The first kappa shape index (κ1) is 14.0. The number of nitriles is 1. The summed E-state index contributed by atoms with van der Waals surface area (Å²) in [4.78, 5) is 0. The van der Waals surface area contributed by atoms with Crippen LogP contribution in [-0.4, -0.2) is 12.2 Å². The highest BCUT2D eigenvalue weighted by Gasteiger charge is 2.07. The Morgan fingerprint density at radius 1 is 1.25 bits per heavy atom. The van der Waals surface area contributed by atoms with Gasteiger partial charge in [0.05, 0.1) is 23.8 Å². The van der Waals surface area contributed by atoms with Crippen molar-refractivity contribution in [2.24, 2.45) is 0 Å². The third-order valence-corrected chi connectivity index (χ3v) is 3.10. The summed E-state index contributed by atoms with van der Waals surface area (Å²) in [5.41, 5.74) is 2.19. The molecule has 0 heterocycles. The van der Waals surface area contributed by atoms with Crippen LogP contribution in [0.1, 0.15) is 16.7 Å². The number of phenols is 1. The summed E-state index contributed by atoms with van der Waals surface area (Å²) in [7, 11) is 1.46. The first-order valence-electron chi connectivity index (χ1n) is 5.89. The van der Waals surface area contributed by atoms with E-state index in [4.69, 9.17) is 21.6 Å². The SMILES string of the molecule is COc1cc(/C=C/c2ccccc2C#N)cc(Cl)c1O. The normalized spacial score (nSPS) is 10.4. The van der Waals surface area contributed by atoms with E-state index in [9.17, 15) is 5.11 Å². The Hall–Kier alpha value is -2.44. The molecule has 0 unspecified atom stereocenters. The Bertz CT molecular complexity index is 702. The fraction of sp³-hybridized carbons (Fsp3) is 0.0625. The lowest BCUT2D eigenvalue weighted by Crippen LogP contribution is -1.86. The summed E-state index contributed by atoms with van der Waals surface area (Å²) in [6, 6.07) is 12.7. The van der Waals surface area contributed by atoms with Gasteiger partial charge in [-0.1, -0.05) is 42.0 Å². The average molecular weight is 286 g/mol. The fourth-order valence-corrected chi connectivity index (χ4v) is 1.99. The van der Waals surface area contributed by atoms with Gasteiger partial charge < -0.3 is 9.84 Å². The molecule has 0 bridgehead atoms. The lowest BCUT2D eigenvalue weighted by molar-refractivity contribution is 0.373. The molecule has 0 aliphatic rings. The number of methoxy groups -OCH3 is 1. The van der Waals surface area contributed by atoms with E-state index in [1.54, 1.807) is 18.2 Å². The van der Waals surface area contributed by atoms with E-state index in [1.165, 1.54) is 7.11 Å². The third kappa shape index (κ3) is 2.93. The molecule has 0 aliphatic carbocycles. The average Bonchev–Trinajstić information content (AvgIpc) is 2.48. The maximum Gasteiger partial charge on any atom is 0.176 e. The van der Waals surface area contributed by atoms with Crippen molar-refractivity contribution in [1.82, 2.24) is 0 Å². The second-order valence-electron chi connectivity index (χ2n) is 4.09. The van der Waals surface area contributed by atoms with E-state index in [0.717, 1.165) is 11.1 Å². The number of aromatic hydroxyl groups is 1. The molecule has 0 atom stereocenters. The van der Waals surface area contributed by atoms with Gasteiger partial charge in [-0.05, 0) is 29.3 Å². The number of hydrogen-bond acceptors (Lipinski definition) is 3. The summed E-state index contributed by atoms with van der Waals surface area (Å²) in [5.74, 6) is 0.231. The zero-order valence-electron chi connectivity index (χ0n) is 10.8. The van der Waals surface area contributed by atoms with Crippen LogP contribution >= 0.6 is 11.6 Å². The van der Waals surface area contributed by atoms with Crippen molar-refractivity contribution in [3.05, 3.63) is 58.1 Å². The number of phenolic OH excluding ortho intramolecular Hbond substituents is 1. The first-order valence-corrected chi connectivity index (χ1v) is 6.27. The zero-order chi connectivity index (χ0) is 14.5. The number of hydrogen-bond donors (Lipinski definition) is 1. The third-order valence-electron chi connectivity index (χ3n) is 2.81. The molecule has 0 spiro atoms. The van der Waals surface area contributed by atoms with E-state index in [1.807, 2.05) is 30.4 Å². The van der Waals surface area contributed by atoms with Crippen molar-refractivity contribution in [2.45, 2.75) is 0 Å². The molecule has 0 saturated heterocycles. The highest BCUT2D eigenvalue weighted by atomic mass is 35.5. The van der Waals surface area contributed by atoms with E-state index >= 15 is 0 Å². The largest absolute Gasteiger partial charge is 0.503 e. The number of nitrogens with zero attached hydrogens (tertiary/aromatic N) is 1. The first-order chi connectivity index (χ1) is 9.65. The van der Waals surface area contributed by atoms with Gasteiger partial charge in [-0.25, -0.2) is 0 Å². The van der Waals surface area contributed by atoms with Crippen molar-refractivity contribution >= 4 is 23.8 Å². The minimum Gasteiger partial charge on any atom is -0.503 e. The van der Waals surface area contributed by atoms with Crippen LogP contribution < -0.4 is 4.74 Å².